The second-order valence-electron chi connectivity index (χ2n) is 8.18. The zero-order valence-electron chi connectivity index (χ0n) is 17.6. The summed E-state index contributed by atoms with van der Waals surface area (Å²) in [5.74, 6) is 2.77. The molecule has 1 saturated carbocycles. The van der Waals surface area contributed by atoms with Crippen LogP contribution in [-0.2, 0) is 5.75 Å². The Kier molecular flexibility index (Phi) is 4.39. The molecule has 0 saturated heterocycles. The van der Waals surface area contributed by atoms with E-state index in [0.29, 0.717) is 33.8 Å². The lowest BCUT2D eigenvalue weighted by Crippen LogP contribution is -2.22. The van der Waals surface area contributed by atoms with Crippen LogP contribution in [0.5, 0.6) is 0 Å². The van der Waals surface area contributed by atoms with Crippen LogP contribution in [0.25, 0.3) is 22.4 Å². The third-order valence-corrected chi connectivity index (χ3v) is 6.65. The molecule has 160 valence electrons. The molecular weight excluding hydrogens is 424 g/mol. The average molecular weight is 445 g/mol. The van der Waals surface area contributed by atoms with E-state index in [1.54, 1.807) is 4.57 Å². The van der Waals surface area contributed by atoms with E-state index in [2.05, 4.69) is 26.4 Å². The van der Waals surface area contributed by atoms with Crippen molar-refractivity contribution in [2.75, 3.05) is 0 Å². The molecule has 0 bridgehead atoms. The minimum Gasteiger partial charge on any atom is -0.339 e. The Bertz CT molecular complexity index is 1550. The summed E-state index contributed by atoms with van der Waals surface area (Å²) in [4.78, 5) is 18.0. The smallest absolute Gasteiger partial charge is 0.267 e. The van der Waals surface area contributed by atoms with Gasteiger partial charge in [0.1, 0.15) is 0 Å². The Morgan fingerprint density at radius 1 is 1.12 bits per heavy atom. The normalized spacial score (nSPS) is 13.9. The van der Waals surface area contributed by atoms with E-state index < -0.39 is 0 Å². The fourth-order valence-electron chi connectivity index (χ4n) is 4.00. The van der Waals surface area contributed by atoms with Gasteiger partial charge in [-0.3, -0.25) is 9.20 Å². The van der Waals surface area contributed by atoms with Crippen LogP contribution in [0.3, 0.4) is 0 Å². The van der Waals surface area contributed by atoms with Crippen molar-refractivity contribution in [3.05, 3.63) is 75.7 Å². The fourth-order valence-corrected chi connectivity index (χ4v) is 4.78. The van der Waals surface area contributed by atoms with Gasteiger partial charge in [0, 0.05) is 5.92 Å². The summed E-state index contributed by atoms with van der Waals surface area (Å²) in [6.07, 6.45) is 2.23. The molecule has 0 aliphatic heterocycles. The molecule has 3 aromatic heterocycles. The summed E-state index contributed by atoms with van der Waals surface area (Å²) < 4.78 is 8.95. The molecule has 6 rings (SSSR count). The van der Waals surface area contributed by atoms with Crippen molar-refractivity contribution in [2.45, 2.75) is 43.5 Å². The Hall–Kier alpha value is -3.46. The first-order chi connectivity index (χ1) is 15.6. The molecule has 0 spiro atoms. The van der Waals surface area contributed by atoms with Gasteiger partial charge in [-0.2, -0.15) is 4.98 Å². The standard InChI is InChI=1S/C23H20N6O2S/c1-13-7-10-17(14(2)11-13)28-21(30)16-5-3-4-6-18(16)29-22(28)25-26-23(29)32-12-19-24-20(31-27-19)15-8-9-15/h3-7,10-11,15H,8-9,12H2,1-2H3. The molecule has 1 aliphatic rings. The maximum absolute atomic E-state index is 13.5. The molecule has 5 aromatic rings. The van der Waals surface area contributed by atoms with Gasteiger partial charge in [0.25, 0.3) is 5.56 Å². The van der Waals surface area contributed by atoms with E-state index in [9.17, 15) is 4.79 Å². The zero-order valence-corrected chi connectivity index (χ0v) is 18.5. The molecular formula is C23H20N6O2S. The summed E-state index contributed by atoms with van der Waals surface area (Å²) in [5.41, 5.74) is 3.59. The molecule has 3 heterocycles. The van der Waals surface area contributed by atoms with Crippen LogP contribution in [0.4, 0.5) is 0 Å². The van der Waals surface area contributed by atoms with Gasteiger partial charge in [-0.25, -0.2) is 4.57 Å². The number of benzene rings is 2. The molecule has 32 heavy (non-hydrogen) atoms. The highest BCUT2D eigenvalue weighted by Gasteiger charge is 2.29. The number of aromatic nitrogens is 6. The van der Waals surface area contributed by atoms with Gasteiger partial charge in [0.05, 0.1) is 22.3 Å². The van der Waals surface area contributed by atoms with Crippen LogP contribution < -0.4 is 5.56 Å². The lowest BCUT2D eigenvalue weighted by atomic mass is 10.1. The van der Waals surface area contributed by atoms with Crippen LogP contribution in [0.1, 0.15) is 41.6 Å². The lowest BCUT2D eigenvalue weighted by Gasteiger charge is -2.13. The van der Waals surface area contributed by atoms with Crippen molar-refractivity contribution < 1.29 is 4.52 Å². The van der Waals surface area contributed by atoms with Gasteiger partial charge in [0.15, 0.2) is 11.0 Å². The molecule has 1 aliphatic carbocycles. The van der Waals surface area contributed by atoms with Crippen LogP contribution in [0, 0.1) is 13.8 Å². The number of hydrogen-bond donors (Lipinski definition) is 0. The second kappa shape index (κ2) is 7.30. The highest BCUT2D eigenvalue weighted by Crippen LogP contribution is 2.39. The molecule has 0 amide bonds. The monoisotopic (exact) mass is 444 g/mol. The summed E-state index contributed by atoms with van der Waals surface area (Å²) in [6.45, 7) is 4.04. The maximum Gasteiger partial charge on any atom is 0.267 e. The van der Waals surface area contributed by atoms with Crippen LogP contribution in [-0.4, -0.2) is 29.3 Å². The molecule has 0 atom stereocenters. The number of rotatable bonds is 5. The van der Waals surface area contributed by atoms with Crippen LogP contribution >= 0.6 is 11.8 Å². The SMILES string of the molecule is Cc1ccc(-n2c(=O)c3ccccc3n3c(SCc4noc(C5CC5)n4)nnc23)c(C)c1. The number of aryl methyl sites for hydroxylation is 2. The molecule has 0 unspecified atom stereocenters. The van der Waals surface area contributed by atoms with Crippen molar-refractivity contribution in [2.24, 2.45) is 0 Å². The molecule has 8 nitrogen and oxygen atoms in total. The fraction of sp³-hybridized carbons (Fsp3) is 0.261. The van der Waals surface area contributed by atoms with Gasteiger partial charge in [-0.05, 0) is 50.5 Å². The average Bonchev–Trinajstić information content (AvgIpc) is 3.38. The Balaban J connectivity index is 1.50. The van der Waals surface area contributed by atoms with E-state index in [1.165, 1.54) is 11.8 Å². The third kappa shape index (κ3) is 3.12. The molecule has 9 heteroatoms. The number of para-hydroxylation sites is 1. The Morgan fingerprint density at radius 2 is 1.97 bits per heavy atom. The van der Waals surface area contributed by atoms with Gasteiger partial charge in [-0.1, -0.05) is 46.7 Å². The molecule has 2 aromatic carbocycles. The number of thioether (sulfide) groups is 1. The maximum atomic E-state index is 13.5. The number of fused-ring (bicyclic) bond motifs is 3. The Morgan fingerprint density at radius 3 is 2.78 bits per heavy atom. The summed E-state index contributed by atoms with van der Waals surface area (Å²) in [6, 6.07) is 13.6. The third-order valence-electron chi connectivity index (χ3n) is 5.73. The van der Waals surface area contributed by atoms with Crippen LogP contribution in [0.15, 0.2) is 56.9 Å². The minimum atomic E-state index is -0.115. The van der Waals surface area contributed by atoms with Crippen molar-refractivity contribution in [1.29, 1.82) is 0 Å². The van der Waals surface area contributed by atoms with Crippen molar-refractivity contribution >= 4 is 28.4 Å². The predicted octanol–water partition coefficient (Wildman–Crippen LogP) is 4.20. The van der Waals surface area contributed by atoms with E-state index in [1.807, 2.05) is 54.6 Å². The lowest BCUT2D eigenvalue weighted by molar-refractivity contribution is 0.375. The quantitative estimate of drug-likeness (QED) is 0.375. The minimum absolute atomic E-state index is 0.115. The van der Waals surface area contributed by atoms with Gasteiger partial charge in [0.2, 0.25) is 11.7 Å². The first-order valence-electron chi connectivity index (χ1n) is 10.5. The highest BCUT2D eigenvalue weighted by molar-refractivity contribution is 7.98. The number of hydrogen-bond acceptors (Lipinski definition) is 7. The van der Waals surface area contributed by atoms with E-state index in [-0.39, 0.29) is 5.56 Å². The van der Waals surface area contributed by atoms with E-state index >= 15 is 0 Å². The number of nitrogens with zero attached hydrogens (tertiary/aromatic N) is 6. The van der Waals surface area contributed by atoms with Gasteiger partial charge in [-0.15, -0.1) is 10.2 Å². The topological polar surface area (TPSA) is 91.1 Å². The zero-order chi connectivity index (χ0) is 21.8. The predicted molar refractivity (Wildman–Crippen MR) is 121 cm³/mol. The van der Waals surface area contributed by atoms with Crippen molar-refractivity contribution in [3.63, 3.8) is 0 Å². The van der Waals surface area contributed by atoms with E-state index in [0.717, 1.165) is 41.1 Å². The summed E-state index contributed by atoms with van der Waals surface area (Å²) in [5, 5.41) is 14.2. The first-order valence-corrected chi connectivity index (χ1v) is 11.5. The second-order valence-corrected chi connectivity index (χ2v) is 9.12. The summed E-state index contributed by atoms with van der Waals surface area (Å²) in [7, 11) is 0. The highest BCUT2D eigenvalue weighted by atomic mass is 32.2. The summed E-state index contributed by atoms with van der Waals surface area (Å²) >= 11 is 1.48. The van der Waals surface area contributed by atoms with Crippen LogP contribution in [0.2, 0.25) is 0 Å². The van der Waals surface area contributed by atoms with E-state index in [4.69, 9.17) is 4.52 Å². The molecule has 0 radical (unpaired) electrons. The van der Waals surface area contributed by atoms with Gasteiger partial charge >= 0.3 is 0 Å². The van der Waals surface area contributed by atoms with Crippen molar-refractivity contribution in [1.82, 2.24) is 29.3 Å². The Labute approximate surface area is 187 Å². The van der Waals surface area contributed by atoms with Crippen molar-refractivity contribution in [3.8, 4) is 5.69 Å². The first kappa shape index (κ1) is 19.2. The van der Waals surface area contributed by atoms with Gasteiger partial charge < -0.3 is 4.52 Å². The molecule has 0 N–H and O–H groups in total. The largest absolute Gasteiger partial charge is 0.339 e. The molecule has 1 fully saturated rings.